The summed E-state index contributed by atoms with van der Waals surface area (Å²) < 4.78 is 18.3. The largest absolute Gasteiger partial charge is 0.493 e. The average molecular weight is 485 g/mol. The van der Waals surface area contributed by atoms with Gasteiger partial charge in [-0.3, -0.25) is 0 Å². The van der Waals surface area contributed by atoms with Gasteiger partial charge >= 0.3 is 6.03 Å². The fourth-order valence-electron chi connectivity index (χ4n) is 4.42. The highest BCUT2D eigenvalue weighted by molar-refractivity contribution is 7.15. The highest BCUT2D eigenvalue weighted by Gasteiger charge is 2.28. The van der Waals surface area contributed by atoms with E-state index in [4.69, 9.17) is 14.2 Å². The number of urea groups is 1. The van der Waals surface area contributed by atoms with Crippen molar-refractivity contribution in [1.29, 1.82) is 0 Å². The van der Waals surface area contributed by atoms with Crippen molar-refractivity contribution >= 4 is 23.1 Å². The van der Waals surface area contributed by atoms with Gasteiger partial charge in [-0.05, 0) is 37.6 Å². The lowest BCUT2D eigenvalue weighted by Crippen LogP contribution is -2.34. The first-order valence-corrected chi connectivity index (χ1v) is 12.1. The summed E-state index contributed by atoms with van der Waals surface area (Å²) in [6.45, 7) is 4.04. The van der Waals surface area contributed by atoms with Crippen LogP contribution in [-0.4, -0.2) is 50.4 Å². The summed E-state index contributed by atoms with van der Waals surface area (Å²) >= 11 is 1.81. The maximum Gasteiger partial charge on any atom is 0.319 e. The van der Waals surface area contributed by atoms with Gasteiger partial charge in [0.25, 0.3) is 0 Å². The minimum atomic E-state index is -0.285. The summed E-state index contributed by atoms with van der Waals surface area (Å²) in [6, 6.07) is 7.08. The highest BCUT2D eigenvalue weighted by atomic mass is 32.1. The lowest BCUT2D eigenvalue weighted by atomic mass is 9.96. The van der Waals surface area contributed by atoms with E-state index in [0.717, 1.165) is 25.9 Å². The molecule has 8 nitrogen and oxygen atoms in total. The number of rotatable bonds is 8. The van der Waals surface area contributed by atoms with Gasteiger partial charge < -0.3 is 34.3 Å². The van der Waals surface area contributed by atoms with Crippen LogP contribution in [-0.2, 0) is 13.0 Å². The van der Waals surface area contributed by atoms with Crippen LogP contribution in [0.5, 0.6) is 17.2 Å². The molecule has 0 aliphatic carbocycles. The Kier molecular flexibility index (Phi) is 7.33. The van der Waals surface area contributed by atoms with E-state index >= 15 is 0 Å². The minimum absolute atomic E-state index is 0.122. The molecule has 1 atom stereocenters. The van der Waals surface area contributed by atoms with Crippen molar-refractivity contribution in [2.45, 2.75) is 32.4 Å². The van der Waals surface area contributed by atoms with Gasteiger partial charge in [0.1, 0.15) is 5.00 Å². The number of ether oxygens (including phenoxy) is 3. The number of fused-ring (bicyclic) bond motifs is 1. The Balaban J connectivity index is 1.62. The Morgan fingerprint density at radius 1 is 1.12 bits per heavy atom. The molecule has 1 aromatic carbocycles. The zero-order chi connectivity index (χ0) is 24.2. The molecule has 1 aliphatic rings. The van der Waals surface area contributed by atoms with Crippen LogP contribution in [0.4, 0.5) is 10.5 Å². The van der Waals surface area contributed by atoms with Crippen molar-refractivity contribution in [3.63, 3.8) is 0 Å². The number of thiophene rings is 1. The lowest BCUT2D eigenvalue weighted by molar-refractivity contribution is 0.248. The fraction of sp³-hybridized carbons (Fsp3) is 0.400. The maximum absolute atomic E-state index is 13.1. The predicted molar refractivity (Wildman–Crippen MR) is 135 cm³/mol. The first-order chi connectivity index (χ1) is 16.5. The third kappa shape index (κ3) is 4.71. The van der Waals surface area contributed by atoms with Crippen molar-refractivity contribution in [2.75, 3.05) is 40.2 Å². The monoisotopic (exact) mass is 484 g/mol. The number of methoxy groups -OCH3 is 3. The molecule has 0 fully saturated rings. The van der Waals surface area contributed by atoms with E-state index in [2.05, 4.69) is 46.5 Å². The SMILES string of the molecule is CCC(NC(=O)Nc1cc(OC)c(OC)c(OC)c1)c1c(-n2cccc2)sc2c1CCN(C)C2. The number of nitrogens with zero attached hydrogens (tertiary/aromatic N) is 2. The zero-order valence-corrected chi connectivity index (χ0v) is 21.1. The van der Waals surface area contributed by atoms with E-state index in [1.165, 1.54) is 21.0 Å². The van der Waals surface area contributed by atoms with Crippen molar-refractivity contribution in [1.82, 2.24) is 14.8 Å². The molecule has 3 aromatic rings. The molecular weight excluding hydrogens is 452 g/mol. The van der Waals surface area contributed by atoms with Crippen LogP contribution in [0.1, 0.15) is 35.4 Å². The number of hydrogen-bond acceptors (Lipinski definition) is 6. The Morgan fingerprint density at radius 3 is 2.38 bits per heavy atom. The quantitative estimate of drug-likeness (QED) is 0.479. The Morgan fingerprint density at radius 2 is 1.79 bits per heavy atom. The van der Waals surface area contributed by atoms with E-state index in [0.29, 0.717) is 22.9 Å². The first-order valence-electron chi connectivity index (χ1n) is 11.3. The molecule has 9 heteroatoms. The van der Waals surface area contributed by atoms with E-state index < -0.39 is 0 Å². The number of nitrogens with one attached hydrogen (secondary N) is 2. The van der Waals surface area contributed by atoms with Crippen molar-refractivity contribution in [2.24, 2.45) is 0 Å². The predicted octanol–water partition coefficient (Wildman–Crippen LogP) is 4.83. The smallest absolute Gasteiger partial charge is 0.319 e. The summed E-state index contributed by atoms with van der Waals surface area (Å²) in [4.78, 5) is 16.8. The first kappa shape index (κ1) is 24.0. The second-order valence-electron chi connectivity index (χ2n) is 8.27. The van der Waals surface area contributed by atoms with Crippen LogP contribution < -0.4 is 24.8 Å². The Bertz CT molecular complexity index is 1120. The van der Waals surface area contributed by atoms with Gasteiger partial charge in [0.15, 0.2) is 11.5 Å². The van der Waals surface area contributed by atoms with Gasteiger partial charge in [0, 0.05) is 48.1 Å². The van der Waals surface area contributed by atoms with E-state index in [9.17, 15) is 4.79 Å². The number of hydrogen-bond donors (Lipinski definition) is 2. The molecule has 0 bridgehead atoms. The Labute approximate surface area is 204 Å². The van der Waals surface area contributed by atoms with Crippen LogP contribution in [0, 0.1) is 0 Å². The summed E-state index contributed by atoms with van der Waals surface area (Å²) in [5.41, 5.74) is 3.14. The average Bonchev–Trinajstić information content (AvgIpc) is 3.49. The molecule has 0 spiro atoms. The molecule has 2 aromatic heterocycles. The standard InChI is InChI=1S/C25H32N4O4S/c1-6-18(27-25(30)26-16-13-19(31-3)23(33-5)20(14-16)32-4)22-17-9-12-28(2)15-21(17)34-24(22)29-10-7-8-11-29/h7-8,10-11,13-14,18H,6,9,12,15H2,1-5H3,(H2,26,27,30). The number of carbonyl (C=O) groups excluding carboxylic acids is 1. The van der Waals surface area contributed by atoms with Crippen molar-refractivity contribution in [3.8, 4) is 22.2 Å². The minimum Gasteiger partial charge on any atom is -0.493 e. The van der Waals surface area contributed by atoms with Gasteiger partial charge in [0.05, 0.1) is 33.1 Å². The number of amides is 2. The van der Waals surface area contributed by atoms with Gasteiger partial charge in [-0.1, -0.05) is 6.92 Å². The molecule has 34 heavy (non-hydrogen) atoms. The van der Waals surface area contributed by atoms with Gasteiger partial charge in [-0.25, -0.2) is 4.79 Å². The number of anilines is 1. The second-order valence-corrected chi connectivity index (χ2v) is 9.36. The van der Waals surface area contributed by atoms with Crippen molar-refractivity contribution in [3.05, 3.63) is 52.7 Å². The zero-order valence-electron chi connectivity index (χ0n) is 20.3. The molecule has 0 saturated carbocycles. The summed E-state index contributed by atoms with van der Waals surface area (Å²) in [5.74, 6) is 1.44. The maximum atomic E-state index is 13.1. The van der Waals surface area contributed by atoms with Gasteiger partial charge in [0.2, 0.25) is 5.75 Å². The van der Waals surface area contributed by atoms with E-state index in [-0.39, 0.29) is 12.1 Å². The van der Waals surface area contributed by atoms with Crippen LogP contribution >= 0.6 is 11.3 Å². The molecule has 4 rings (SSSR count). The fourth-order valence-corrected chi connectivity index (χ4v) is 5.88. The number of likely N-dealkylation sites (N-methyl/N-ethyl adjacent to an activating group) is 1. The van der Waals surface area contributed by atoms with Crippen molar-refractivity contribution < 1.29 is 19.0 Å². The van der Waals surface area contributed by atoms with E-state index in [1.807, 2.05) is 23.5 Å². The lowest BCUT2D eigenvalue weighted by Gasteiger charge is -2.25. The molecule has 3 heterocycles. The second kappa shape index (κ2) is 10.4. The molecular formula is C25H32N4O4S. The van der Waals surface area contributed by atoms with Gasteiger partial charge in [-0.2, -0.15) is 0 Å². The molecule has 1 unspecified atom stereocenters. The third-order valence-electron chi connectivity index (χ3n) is 6.09. The van der Waals surface area contributed by atoms with Crippen LogP contribution in [0.3, 0.4) is 0 Å². The van der Waals surface area contributed by atoms with Gasteiger partial charge in [-0.15, -0.1) is 11.3 Å². The summed E-state index contributed by atoms with van der Waals surface area (Å²) in [6.07, 6.45) is 5.88. The third-order valence-corrected chi connectivity index (χ3v) is 7.34. The molecule has 2 amide bonds. The summed E-state index contributed by atoms with van der Waals surface area (Å²) in [5, 5.41) is 7.31. The van der Waals surface area contributed by atoms with E-state index in [1.54, 1.807) is 33.5 Å². The van der Waals surface area contributed by atoms with Crippen LogP contribution in [0.25, 0.3) is 5.00 Å². The Hall–Kier alpha value is -3.17. The highest BCUT2D eigenvalue weighted by Crippen LogP contribution is 2.41. The van der Waals surface area contributed by atoms with Crippen LogP contribution in [0.15, 0.2) is 36.7 Å². The topological polar surface area (TPSA) is 77.0 Å². The number of aromatic nitrogens is 1. The van der Waals surface area contributed by atoms with Crippen LogP contribution in [0.2, 0.25) is 0 Å². The molecule has 1 aliphatic heterocycles. The molecule has 0 radical (unpaired) electrons. The number of carbonyl (C=O) groups is 1. The summed E-state index contributed by atoms with van der Waals surface area (Å²) in [7, 11) is 6.80. The normalized spacial score (nSPS) is 14.3. The number of benzene rings is 1. The molecule has 2 N–H and O–H groups in total. The molecule has 0 saturated heterocycles. The molecule has 182 valence electrons.